The Balaban J connectivity index is 1.17. The van der Waals surface area contributed by atoms with Crippen LogP contribution in [0.3, 0.4) is 0 Å². The van der Waals surface area contributed by atoms with Gasteiger partial charge in [-0.2, -0.15) is 5.10 Å². The van der Waals surface area contributed by atoms with E-state index in [1.54, 1.807) is 0 Å². The van der Waals surface area contributed by atoms with Gasteiger partial charge in [0.05, 0.1) is 16.7 Å². The van der Waals surface area contributed by atoms with E-state index in [1.807, 2.05) is 18.5 Å². The Morgan fingerprint density at radius 1 is 0.800 bits per heavy atom. The number of hydrogen-bond donors (Lipinski definition) is 3. The molecule has 1 fully saturated rings. The van der Waals surface area contributed by atoms with Gasteiger partial charge in [0.1, 0.15) is 11.2 Å². The number of imidazole rings is 1. The minimum atomic E-state index is 0.754. The lowest BCUT2D eigenvalue weighted by Gasteiger charge is -2.34. The first kappa shape index (κ1) is 24.5. The molecule has 0 atom stereocenters. The minimum Gasteiger partial charge on any atom is -0.367 e. The van der Waals surface area contributed by atoms with Gasteiger partial charge in [0.25, 0.3) is 0 Å². The summed E-state index contributed by atoms with van der Waals surface area (Å²) in [6.45, 7) is 5.69. The summed E-state index contributed by atoms with van der Waals surface area (Å²) in [5.41, 5.74) is 9.60. The number of H-pyrrole nitrogens is 2. The van der Waals surface area contributed by atoms with Gasteiger partial charge in [-0.25, -0.2) is 4.98 Å². The van der Waals surface area contributed by atoms with Crippen molar-refractivity contribution < 1.29 is 0 Å². The molecule has 0 spiro atoms. The van der Waals surface area contributed by atoms with Crippen LogP contribution < -0.4 is 10.2 Å². The van der Waals surface area contributed by atoms with E-state index in [1.165, 1.54) is 11.3 Å². The molecular formula is C32H32N8. The highest BCUT2D eigenvalue weighted by atomic mass is 15.3. The number of nitrogens with zero attached hydrogens (tertiary/aromatic N) is 5. The zero-order chi connectivity index (χ0) is 26.9. The highest BCUT2D eigenvalue weighted by Crippen LogP contribution is 2.33. The summed E-state index contributed by atoms with van der Waals surface area (Å²) in [7, 11) is 2.18. The fourth-order valence-electron chi connectivity index (χ4n) is 5.49. The van der Waals surface area contributed by atoms with E-state index in [-0.39, 0.29) is 0 Å². The number of para-hydroxylation sites is 1. The van der Waals surface area contributed by atoms with Gasteiger partial charge in [0.2, 0.25) is 0 Å². The van der Waals surface area contributed by atoms with E-state index >= 15 is 0 Å². The fourth-order valence-corrected chi connectivity index (χ4v) is 5.49. The minimum absolute atomic E-state index is 0.754. The molecule has 6 aromatic rings. The first-order chi connectivity index (χ1) is 19.7. The average Bonchev–Trinajstić information content (AvgIpc) is 3.62. The first-order valence-corrected chi connectivity index (χ1v) is 13.8. The molecule has 200 valence electrons. The van der Waals surface area contributed by atoms with Crippen LogP contribution in [0.25, 0.3) is 44.6 Å². The number of nitrogens with one attached hydrogen (secondary N) is 3. The molecule has 0 amide bonds. The molecule has 40 heavy (non-hydrogen) atoms. The second kappa shape index (κ2) is 10.6. The Morgan fingerprint density at radius 3 is 2.52 bits per heavy atom. The largest absolute Gasteiger partial charge is 0.367 e. The van der Waals surface area contributed by atoms with Gasteiger partial charge in [0, 0.05) is 62.6 Å². The van der Waals surface area contributed by atoms with Crippen LogP contribution in [0.5, 0.6) is 0 Å². The number of fused-ring (bicyclic) bond motifs is 2. The molecule has 1 aliphatic heterocycles. The lowest BCUT2D eigenvalue weighted by molar-refractivity contribution is 0.313. The molecule has 3 aromatic heterocycles. The monoisotopic (exact) mass is 528 g/mol. The van der Waals surface area contributed by atoms with E-state index in [0.29, 0.717) is 0 Å². The molecule has 3 aromatic carbocycles. The van der Waals surface area contributed by atoms with Crippen LogP contribution in [-0.4, -0.2) is 63.3 Å². The number of pyridine rings is 1. The maximum Gasteiger partial charge on any atom is 0.159 e. The molecule has 0 bridgehead atoms. The molecule has 0 unspecified atom stereocenters. The average molecular weight is 529 g/mol. The van der Waals surface area contributed by atoms with E-state index in [9.17, 15) is 0 Å². The normalized spacial score (nSPS) is 14.4. The molecule has 7 rings (SSSR count). The molecule has 0 saturated carbocycles. The quantitative estimate of drug-likeness (QED) is 0.264. The van der Waals surface area contributed by atoms with Crippen molar-refractivity contribution in [2.45, 2.75) is 13.1 Å². The van der Waals surface area contributed by atoms with Crippen LogP contribution >= 0.6 is 0 Å². The van der Waals surface area contributed by atoms with Gasteiger partial charge in [-0.1, -0.05) is 42.5 Å². The first-order valence-electron chi connectivity index (χ1n) is 13.8. The molecular weight excluding hydrogens is 496 g/mol. The summed E-state index contributed by atoms with van der Waals surface area (Å²) in [5.74, 6) is 0.775. The number of anilines is 1. The molecule has 4 heterocycles. The zero-order valence-electron chi connectivity index (χ0n) is 22.6. The Bertz CT molecular complexity index is 1760. The van der Waals surface area contributed by atoms with Gasteiger partial charge in [-0.15, -0.1) is 0 Å². The predicted octanol–water partition coefficient (Wildman–Crippen LogP) is 5.21. The van der Waals surface area contributed by atoms with Gasteiger partial charge >= 0.3 is 0 Å². The van der Waals surface area contributed by atoms with Crippen molar-refractivity contribution in [1.82, 2.24) is 35.4 Å². The fraction of sp³-hybridized carbons (Fsp3) is 0.219. The van der Waals surface area contributed by atoms with E-state index in [2.05, 4.69) is 109 Å². The Kier molecular flexibility index (Phi) is 6.47. The van der Waals surface area contributed by atoms with Crippen LogP contribution in [-0.2, 0) is 13.1 Å². The molecule has 0 radical (unpaired) electrons. The van der Waals surface area contributed by atoms with Crippen LogP contribution in [0.15, 0.2) is 85.2 Å². The number of rotatable bonds is 7. The van der Waals surface area contributed by atoms with Gasteiger partial charge < -0.3 is 20.1 Å². The summed E-state index contributed by atoms with van der Waals surface area (Å²) in [6, 6.07) is 25.4. The summed E-state index contributed by atoms with van der Waals surface area (Å²) in [4.78, 5) is 17.9. The maximum atomic E-state index is 5.06. The molecule has 8 nitrogen and oxygen atoms in total. The lowest BCUT2D eigenvalue weighted by Crippen LogP contribution is -2.44. The maximum absolute atomic E-state index is 5.06. The Hall–Kier alpha value is -4.53. The van der Waals surface area contributed by atoms with Crippen LogP contribution in [0.1, 0.15) is 11.1 Å². The van der Waals surface area contributed by atoms with Crippen molar-refractivity contribution in [3.05, 3.63) is 96.3 Å². The summed E-state index contributed by atoms with van der Waals surface area (Å²) >= 11 is 0. The summed E-state index contributed by atoms with van der Waals surface area (Å²) in [5, 5.41) is 12.4. The number of likely N-dealkylation sites (N-methyl/N-ethyl adjacent to an activating group) is 1. The molecule has 0 aliphatic carbocycles. The van der Waals surface area contributed by atoms with E-state index < -0.39 is 0 Å². The third kappa shape index (κ3) is 4.83. The molecule has 1 aliphatic rings. The smallest absolute Gasteiger partial charge is 0.159 e. The predicted molar refractivity (Wildman–Crippen MR) is 161 cm³/mol. The SMILES string of the molecule is CN1CCN(c2cccc3[nH]c(-c4n[nH]c5ccc(-c6cncc(CNCc7ccccc7)c6)cc45)nc23)CC1. The zero-order valence-corrected chi connectivity index (χ0v) is 22.6. The van der Waals surface area contributed by atoms with Crippen molar-refractivity contribution in [2.24, 2.45) is 0 Å². The number of benzene rings is 3. The highest BCUT2D eigenvalue weighted by Gasteiger charge is 2.20. The molecule has 1 saturated heterocycles. The standard InChI is InChI=1S/C32H32N8/c1-39-12-14-40(15-13-39)29-9-5-8-28-31(29)36-32(35-28)30-26-17-24(10-11-27(26)37-38-30)25-16-23(20-34-21-25)19-33-18-22-6-3-2-4-7-22/h2-11,16-17,20-21,33H,12-15,18-19H2,1H3,(H,35,36)(H,37,38). The summed E-state index contributed by atoms with van der Waals surface area (Å²) < 4.78 is 0. The topological polar surface area (TPSA) is 88.8 Å². The van der Waals surface area contributed by atoms with Crippen molar-refractivity contribution >= 4 is 27.6 Å². The van der Waals surface area contributed by atoms with Gasteiger partial charge in [0.15, 0.2) is 5.82 Å². The highest BCUT2D eigenvalue weighted by molar-refractivity contribution is 5.97. The summed E-state index contributed by atoms with van der Waals surface area (Å²) in [6.07, 6.45) is 3.85. The van der Waals surface area contributed by atoms with Crippen molar-refractivity contribution in [2.75, 3.05) is 38.1 Å². The lowest BCUT2D eigenvalue weighted by atomic mass is 10.0. The number of hydrogen-bond acceptors (Lipinski definition) is 6. The number of aromatic amines is 2. The van der Waals surface area contributed by atoms with Crippen LogP contribution in [0, 0.1) is 0 Å². The number of piperazine rings is 1. The third-order valence-corrected chi connectivity index (χ3v) is 7.75. The van der Waals surface area contributed by atoms with Gasteiger partial charge in [-0.3, -0.25) is 10.1 Å². The Labute approximate surface area is 233 Å². The van der Waals surface area contributed by atoms with E-state index in [4.69, 9.17) is 4.98 Å². The molecule has 8 heteroatoms. The second-order valence-electron chi connectivity index (χ2n) is 10.6. The van der Waals surface area contributed by atoms with Crippen molar-refractivity contribution in [3.8, 4) is 22.6 Å². The Morgan fingerprint density at radius 2 is 1.65 bits per heavy atom. The van der Waals surface area contributed by atoms with Crippen LogP contribution in [0.2, 0.25) is 0 Å². The number of aromatic nitrogens is 5. The third-order valence-electron chi connectivity index (χ3n) is 7.75. The molecule has 3 N–H and O–H groups in total. The van der Waals surface area contributed by atoms with Crippen molar-refractivity contribution in [3.63, 3.8) is 0 Å². The second-order valence-corrected chi connectivity index (χ2v) is 10.6. The van der Waals surface area contributed by atoms with Crippen LogP contribution in [0.4, 0.5) is 5.69 Å². The van der Waals surface area contributed by atoms with E-state index in [0.717, 1.165) is 89.4 Å². The van der Waals surface area contributed by atoms with Crippen molar-refractivity contribution in [1.29, 1.82) is 0 Å². The van der Waals surface area contributed by atoms with Gasteiger partial charge in [-0.05, 0) is 54.1 Å².